The maximum absolute atomic E-state index is 10.8. The van der Waals surface area contributed by atoms with Crippen LogP contribution in [0.3, 0.4) is 0 Å². The minimum atomic E-state index is -0.734. The molecule has 2 aromatic carbocycles. The van der Waals surface area contributed by atoms with Crippen molar-refractivity contribution in [2.24, 2.45) is 5.73 Å². The van der Waals surface area contributed by atoms with Gasteiger partial charge in [0.1, 0.15) is 0 Å². The Hall–Kier alpha value is -1.38. The molecular formula is C16H19NO. The summed E-state index contributed by atoms with van der Waals surface area (Å²) in [5, 5.41) is 13.2. The van der Waals surface area contributed by atoms with E-state index < -0.39 is 5.60 Å². The van der Waals surface area contributed by atoms with E-state index in [0.717, 1.165) is 24.8 Å². The van der Waals surface area contributed by atoms with Crippen LogP contribution in [0.25, 0.3) is 10.8 Å². The second kappa shape index (κ2) is 4.38. The Morgan fingerprint density at radius 1 is 1.11 bits per heavy atom. The van der Waals surface area contributed by atoms with Crippen LogP contribution >= 0.6 is 0 Å². The summed E-state index contributed by atoms with van der Waals surface area (Å²) >= 11 is 0. The molecule has 2 heteroatoms. The van der Waals surface area contributed by atoms with E-state index in [-0.39, 0.29) is 6.04 Å². The van der Waals surface area contributed by atoms with Crippen LogP contribution in [-0.2, 0) is 5.60 Å². The molecule has 0 spiro atoms. The van der Waals surface area contributed by atoms with Crippen LogP contribution in [-0.4, -0.2) is 11.1 Å². The lowest BCUT2D eigenvalue weighted by molar-refractivity contribution is -0.00705. The van der Waals surface area contributed by atoms with Crippen molar-refractivity contribution in [3.05, 3.63) is 48.0 Å². The van der Waals surface area contributed by atoms with Gasteiger partial charge in [0.05, 0.1) is 5.60 Å². The number of benzene rings is 2. The molecule has 3 N–H and O–H groups in total. The Kier molecular flexibility index (Phi) is 2.84. The largest absolute Gasteiger partial charge is 0.385 e. The predicted molar refractivity (Wildman–Crippen MR) is 74.3 cm³/mol. The van der Waals surface area contributed by atoms with Gasteiger partial charge in [-0.05, 0) is 48.1 Å². The quantitative estimate of drug-likeness (QED) is 0.806. The van der Waals surface area contributed by atoms with Crippen molar-refractivity contribution in [3.8, 4) is 0 Å². The summed E-state index contributed by atoms with van der Waals surface area (Å²) < 4.78 is 0. The first-order valence-electron chi connectivity index (χ1n) is 6.65. The number of nitrogens with two attached hydrogens (primary N) is 1. The van der Waals surface area contributed by atoms with Gasteiger partial charge in [-0.25, -0.2) is 0 Å². The lowest BCUT2D eigenvalue weighted by atomic mass is 9.77. The molecule has 2 nitrogen and oxygen atoms in total. The van der Waals surface area contributed by atoms with Crippen molar-refractivity contribution in [2.45, 2.75) is 37.3 Å². The molecule has 18 heavy (non-hydrogen) atoms. The Labute approximate surface area is 107 Å². The minimum absolute atomic E-state index is 0.121. The second-order valence-corrected chi connectivity index (χ2v) is 5.45. The Morgan fingerprint density at radius 3 is 2.67 bits per heavy atom. The van der Waals surface area contributed by atoms with Crippen LogP contribution in [0.2, 0.25) is 0 Å². The molecule has 0 aromatic heterocycles. The maximum Gasteiger partial charge on any atom is 0.0911 e. The van der Waals surface area contributed by atoms with Gasteiger partial charge in [0.2, 0.25) is 0 Å². The van der Waals surface area contributed by atoms with Crippen molar-refractivity contribution in [1.29, 1.82) is 0 Å². The van der Waals surface area contributed by atoms with E-state index in [1.54, 1.807) is 0 Å². The van der Waals surface area contributed by atoms with E-state index in [2.05, 4.69) is 24.3 Å². The Morgan fingerprint density at radius 2 is 1.89 bits per heavy atom. The minimum Gasteiger partial charge on any atom is -0.385 e. The van der Waals surface area contributed by atoms with E-state index in [1.165, 1.54) is 10.8 Å². The van der Waals surface area contributed by atoms with Gasteiger partial charge in [0.15, 0.2) is 0 Å². The van der Waals surface area contributed by atoms with Gasteiger partial charge in [0.25, 0.3) is 0 Å². The summed E-state index contributed by atoms with van der Waals surface area (Å²) in [7, 11) is 0. The molecule has 0 radical (unpaired) electrons. The highest BCUT2D eigenvalue weighted by Gasteiger charge is 2.34. The lowest BCUT2D eigenvalue weighted by Crippen LogP contribution is -2.39. The topological polar surface area (TPSA) is 46.2 Å². The molecule has 3 rings (SSSR count). The summed E-state index contributed by atoms with van der Waals surface area (Å²) in [5.74, 6) is 0. The van der Waals surface area contributed by atoms with Gasteiger partial charge in [-0.15, -0.1) is 0 Å². The highest BCUT2D eigenvalue weighted by molar-refractivity contribution is 5.83. The molecular weight excluding hydrogens is 222 g/mol. The summed E-state index contributed by atoms with van der Waals surface area (Å²) in [6.07, 6.45) is 3.52. The van der Waals surface area contributed by atoms with Gasteiger partial charge in [-0.1, -0.05) is 36.4 Å². The summed E-state index contributed by atoms with van der Waals surface area (Å²) in [6.45, 7) is 0. The number of hydrogen-bond donors (Lipinski definition) is 2. The number of fused-ring (bicyclic) bond motifs is 1. The molecule has 94 valence electrons. The first-order valence-corrected chi connectivity index (χ1v) is 6.65. The highest BCUT2D eigenvalue weighted by atomic mass is 16.3. The fourth-order valence-electron chi connectivity index (χ4n) is 3.04. The van der Waals surface area contributed by atoms with E-state index in [9.17, 15) is 5.11 Å². The molecule has 2 unspecified atom stereocenters. The molecule has 2 atom stereocenters. The SMILES string of the molecule is NC1CCCC(O)(c2ccc3ccccc3c2)C1. The van der Waals surface area contributed by atoms with Crippen LogP contribution < -0.4 is 5.73 Å². The third-order valence-corrected chi connectivity index (χ3v) is 4.05. The van der Waals surface area contributed by atoms with Crippen LogP contribution in [0, 0.1) is 0 Å². The number of aliphatic hydroxyl groups is 1. The van der Waals surface area contributed by atoms with Crippen molar-refractivity contribution < 1.29 is 5.11 Å². The van der Waals surface area contributed by atoms with Crippen molar-refractivity contribution in [2.75, 3.05) is 0 Å². The Bertz CT molecular complexity index is 566. The maximum atomic E-state index is 10.8. The van der Waals surface area contributed by atoms with Crippen molar-refractivity contribution >= 4 is 10.8 Å². The molecule has 1 aliphatic rings. The molecule has 0 saturated heterocycles. The molecule has 2 aromatic rings. The average Bonchev–Trinajstić information content (AvgIpc) is 2.38. The van der Waals surface area contributed by atoms with Gasteiger partial charge < -0.3 is 10.8 Å². The van der Waals surface area contributed by atoms with E-state index >= 15 is 0 Å². The van der Waals surface area contributed by atoms with Crippen LogP contribution in [0.4, 0.5) is 0 Å². The van der Waals surface area contributed by atoms with Gasteiger partial charge in [0, 0.05) is 6.04 Å². The molecule has 0 bridgehead atoms. The molecule has 0 heterocycles. The number of rotatable bonds is 1. The van der Waals surface area contributed by atoms with E-state index in [0.29, 0.717) is 6.42 Å². The number of hydrogen-bond acceptors (Lipinski definition) is 2. The van der Waals surface area contributed by atoms with Crippen LogP contribution in [0.5, 0.6) is 0 Å². The van der Waals surface area contributed by atoms with Crippen molar-refractivity contribution in [3.63, 3.8) is 0 Å². The van der Waals surface area contributed by atoms with Crippen LogP contribution in [0.1, 0.15) is 31.2 Å². The predicted octanol–water partition coefficient (Wildman–Crippen LogP) is 2.93. The Balaban J connectivity index is 2.02. The van der Waals surface area contributed by atoms with Gasteiger partial charge >= 0.3 is 0 Å². The average molecular weight is 241 g/mol. The summed E-state index contributed by atoms with van der Waals surface area (Å²) in [6, 6.07) is 14.6. The zero-order valence-electron chi connectivity index (χ0n) is 10.5. The van der Waals surface area contributed by atoms with Gasteiger partial charge in [-0.2, -0.15) is 0 Å². The zero-order valence-corrected chi connectivity index (χ0v) is 10.5. The second-order valence-electron chi connectivity index (χ2n) is 5.45. The smallest absolute Gasteiger partial charge is 0.0911 e. The van der Waals surface area contributed by atoms with Crippen LogP contribution in [0.15, 0.2) is 42.5 Å². The molecule has 0 aliphatic heterocycles. The summed E-state index contributed by atoms with van der Waals surface area (Å²) in [4.78, 5) is 0. The lowest BCUT2D eigenvalue weighted by Gasteiger charge is -2.36. The highest BCUT2D eigenvalue weighted by Crippen LogP contribution is 2.37. The molecule has 1 saturated carbocycles. The first kappa shape index (κ1) is 11.7. The fraction of sp³-hybridized carbons (Fsp3) is 0.375. The zero-order chi connectivity index (χ0) is 12.6. The fourth-order valence-corrected chi connectivity index (χ4v) is 3.04. The standard InChI is InChI=1S/C16H19NO/c17-15-6-3-9-16(18,11-15)14-8-7-12-4-1-2-5-13(12)10-14/h1-2,4-5,7-8,10,15,18H,3,6,9,11,17H2. The van der Waals surface area contributed by atoms with E-state index in [1.807, 2.05) is 18.2 Å². The third-order valence-electron chi connectivity index (χ3n) is 4.05. The van der Waals surface area contributed by atoms with E-state index in [4.69, 9.17) is 5.73 Å². The third kappa shape index (κ3) is 2.02. The molecule has 0 amide bonds. The van der Waals surface area contributed by atoms with Crippen molar-refractivity contribution in [1.82, 2.24) is 0 Å². The monoisotopic (exact) mass is 241 g/mol. The summed E-state index contributed by atoms with van der Waals surface area (Å²) in [5.41, 5.74) is 6.28. The molecule has 1 aliphatic carbocycles. The normalized spacial score (nSPS) is 28.4. The van der Waals surface area contributed by atoms with Gasteiger partial charge in [-0.3, -0.25) is 0 Å². The molecule has 1 fully saturated rings. The first-order chi connectivity index (χ1) is 8.67.